The van der Waals surface area contributed by atoms with E-state index in [4.69, 9.17) is 16.2 Å². The molecule has 1 radical (unpaired) electrons. The topological polar surface area (TPSA) is 116 Å². The Labute approximate surface area is 133 Å². The third-order valence-corrected chi connectivity index (χ3v) is 4.48. The number of fused-ring (bicyclic) bond motifs is 1. The number of ketones is 1. The quantitative estimate of drug-likeness (QED) is 0.570. The lowest BCUT2D eigenvalue weighted by molar-refractivity contribution is -0.148. The predicted octanol–water partition coefficient (Wildman–Crippen LogP) is -0.560. The predicted molar refractivity (Wildman–Crippen MR) is 81.9 cm³/mol. The maximum absolute atomic E-state index is 12.5. The van der Waals surface area contributed by atoms with Crippen LogP contribution in [-0.2, 0) is 25.5 Å². The van der Waals surface area contributed by atoms with E-state index in [-0.39, 0.29) is 19.1 Å². The van der Waals surface area contributed by atoms with E-state index in [0.29, 0.717) is 18.5 Å². The van der Waals surface area contributed by atoms with Crippen molar-refractivity contribution < 1.29 is 19.1 Å². The van der Waals surface area contributed by atoms with Crippen molar-refractivity contribution in [2.45, 2.75) is 24.5 Å². The molecule has 2 atom stereocenters. The summed E-state index contributed by atoms with van der Waals surface area (Å²) in [5.41, 5.74) is 11.0. The number of anilines is 1. The molecule has 2 fully saturated rings. The molecule has 2 amide bonds. The number of primary amides is 1. The van der Waals surface area contributed by atoms with Crippen molar-refractivity contribution in [3.8, 4) is 0 Å². The number of nitrogens with zero attached hydrogens (tertiary/aromatic N) is 1. The SMILES string of the molecule is NC(=O)C12C(=O)COC1CCN2C(=O)[CH]Cc1ccc(N)cc1. The van der Waals surface area contributed by atoms with Gasteiger partial charge in [-0.3, -0.25) is 14.4 Å². The van der Waals surface area contributed by atoms with Crippen molar-refractivity contribution in [1.29, 1.82) is 0 Å². The van der Waals surface area contributed by atoms with E-state index >= 15 is 0 Å². The van der Waals surface area contributed by atoms with Gasteiger partial charge in [-0.2, -0.15) is 0 Å². The molecular formula is C16H18N3O4. The fraction of sp³-hybridized carbons (Fsp3) is 0.375. The first kappa shape index (κ1) is 15.5. The molecule has 7 heteroatoms. The molecule has 0 saturated carbocycles. The van der Waals surface area contributed by atoms with E-state index in [0.717, 1.165) is 5.56 Å². The average Bonchev–Trinajstić information content (AvgIpc) is 3.06. The Morgan fingerprint density at radius 1 is 1.35 bits per heavy atom. The normalized spacial score (nSPS) is 26.3. The molecule has 3 rings (SSSR count). The summed E-state index contributed by atoms with van der Waals surface area (Å²) in [6.07, 6.45) is 1.62. The highest BCUT2D eigenvalue weighted by molar-refractivity contribution is 6.15. The molecule has 0 spiro atoms. The van der Waals surface area contributed by atoms with Crippen LogP contribution in [0.25, 0.3) is 0 Å². The number of carbonyl (C=O) groups excluding carboxylic acids is 3. The van der Waals surface area contributed by atoms with Crippen LogP contribution in [0.3, 0.4) is 0 Å². The monoisotopic (exact) mass is 316 g/mol. The van der Waals surface area contributed by atoms with E-state index in [1.54, 1.807) is 12.1 Å². The van der Waals surface area contributed by atoms with Gasteiger partial charge in [0, 0.05) is 12.2 Å². The molecule has 2 heterocycles. The lowest BCUT2D eigenvalue weighted by Crippen LogP contribution is -2.63. The van der Waals surface area contributed by atoms with E-state index in [1.165, 1.54) is 11.3 Å². The zero-order valence-electron chi connectivity index (χ0n) is 12.5. The zero-order chi connectivity index (χ0) is 16.6. The Bertz CT molecular complexity index is 658. The summed E-state index contributed by atoms with van der Waals surface area (Å²) < 4.78 is 5.34. The minimum atomic E-state index is -1.64. The maximum Gasteiger partial charge on any atom is 0.254 e. The van der Waals surface area contributed by atoms with Gasteiger partial charge in [-0.1, -0.05) is 12.1 Å². The number of ether oxygens (including phenoxy) is 1. The van der Waals surface area contributed by atoms with Crippen LogP contribution in [0.1, 0.15) is 12.0 Å². The fourth-order valence-corrected chi connectivity index (χ4v) is 3.31. The molecular weight excluding hydrogens is 298 g/mol. The highest BCUT2D eigenvalue weighted by Gasteiger charge is 2.64. The summed E-state index contributed by atoms with van der Waals surface area (Å²) in [6, 6.07) is 7.14. The number of carbonyl (C=O) groups is 3. The third kappa shape index (κ3) is 2.37. The smallest absolute Gasteiger partial charge is 0.254 e. The van der Waals surface area contributed by atoms with Gasteiger partial charge in [0.15, 0.2) is 5.78 Å². The van der Waals surface area contributed by atoms with Crippen LogP contribution in [0.15, 0.2) is 24.3 Å². The molecule has 121 valence electrons. The molecule has 0 aromatic heterocycles. The van der Waals surface area contributed by atoms with Gasteiger partial charge in [-0.15, -0.1) is 0 Å². The van der Waals surface area contributed by atoms with E-state index in [1.807, 2.05) is 12.1 Å². The van der Waals surface area contributed by atoms with E-state index in [2.05, 4.69) is 0 Å². The number of benzene rings is 1. The lowest BCUT2D eigenvalue weighted by Gasteiger charge is -2.32. The van der Waals surface area contributed by atoms with Crippen molar-refractivity contribution in [1.82, 2.24) is 4.90 Å². The molecule has 1 aromatic carbocycles. The molecule has 7 nitrogen and oxygen atoms in total. The summed E-state index contributed by atoms with van der Waals surface area (Å²) in [7, 11) is 0. The number of amides is 2. The number of Topliss-reactive ketones (excluding diaryl/α,β-unsaturated/α-hetero) is 1. The van der Waals surface area contributed by atoms with Gasteiger partial charge in [0.25, 0.3) is 5.91 Å². The summed E-state index contributed by atoms with van der Waals surface area (Å²) in [4.78, 5) is 37.9. The second-order valence-corrected chi connectivity index (χ2v) is 5.78. The summed E-state index contributed by atoms with van der Waals surface area (Å²) in [6.45, 7) is 0.0891. The first-order valence-corrected chi connectivity index (χ1v) is 7.40. The van der Waals surface area contributed by atoms with Gasteiger partial charge in [0.1, 0.15) is 6.61 Å². The number of hydrogen-bond acceptors (Lipinski definition) is 5. The molecule has 0 aliphatic carbocycles. The van der Waals surface area contributed by atoms with E-state index < -0.39 is 23.3 Å². The van der Waals surface area contributed by atoms with Crippen LogP contribution >= 0.6 is 0 Å². The molecule has 0 bridgehead atoms. The molecule has 1 aromatic rings. The Hall–Kier alpha value is -2.41. The van der Waals surface area contributed by atoms with Gasteiger partial charge < -0.3 is 21.1 Å². The first-order valence-electron chi connectivity index (χ1n) is 7.40. The largest absolute Gasteiger partial charge is 0.399 e. The number of likely N-dealkylation sites (tertiary alicyclic amines) is 1. The van der Waals surface area contributed by atoms with E-state index in [9.17, 15) is 14.4 Å². The van der Waals surface area contributed by atoms with Gasteiger partial charge in [0.2, 0.25) is 11.4 Å². The van der Waals surface area contributed by atoms with Crippen LogP contribution < -0.4 is 11.5 Å². The Morgan fingerprint density at radius 3 is 2.70 bits per heavy atom. The second-order valence-electron chi connectivity index (χ2n) is 5.78. The standard InChI is InChI=1S/C16H18N3O4/c17-11-4-1-10(2-5-11)3-6-14(21)19-8-7-13-16(19,15(18)22)12(20)9-23-13/h1-2,4-6,13H,3,7-9,17H2,(H2,18,22). The van der Waals surface area contributed by atoms with Gasteiger partial charge in [0.05, 0.1) is 12.5 Å². The molecule has 4 N–H and O–H groups in total. The fourth-order valence-electron chi connectivity index (χ4n) is 3.31. The summed E-state index contributed by atoms with van der Waals surface area (Å²) in [5, 5.41) is 0. The van der Waals surface area contributed by atoms with Crippen molar-refractivity contribution >= 4 is 23.3 Å². The lowest BCUT2D eigenvalue weighted by atomic mass is 9.89. The van der Waals surface area contributed by atoms with Crippen LogP contribution in [-0.4, -0.2) is 47.3 Å². The third-order valence-electron chi connectivity index (χ3n) is 4.48. The average molecular weight is 316 g/mol. The van der Waals surface area contributed by atoms with Crippen molar-refractivity contribution in [3.63, 3.8) is 0 Å². The summed E-state index contributed by atoms with van der Waals surface area (Å²) >= 11 is 0. The number of nitrogen functional groups attached to an aromatic ring is 1. The number of rotatable bonds is 4. The van der Waals surface area contributed by atoms with Gasteiger partial charge >= 0.3 is 0 Å². The van der Waals surface area contributed by atoms with Crippen LogP contribution in [0.5, 0.6) is 0 Å². The van der Waals surface area contributed by atoms with Gasteiger partial charge in [-0.05, 0) is 30.5 Å². The maximum atomic E-state index is 12.5. The van der Waals surface area contributed by atoms with Crippen LogP contribution in [0, 0.1) is 6.42 Å². The Kier molecular flexibility index (Phi) is 3.81. The Morgan fingerprint density at radius 2 is 2.04 bits per heavy atom. The molecule has 2 saturated heterocycles. The van der Waals surface area contributed by atoms with Crippen molar-refractivity contribution in [2.24, 2.45) is 5.73 Å². The Balaban J connectivity index is 1.75. The number of nitrogens with two attached hydrogens (primary N) is 2. The number of hydrogen-bond donors (Lipinski definition) is 2. The highest BCUT2D eigenvalue weighted by atomic mass is 16.5. The van der Waals surface area contributed by atoms with Crippen molar-refractivity contribution in [3.05, 3.63) is 36.2 Å². The van der Waals surface area contributed by atoms with Crippen molar-refractivity contribution in [2.75, 3.05) is 18.9 Å². The molecule has 2 aliphatic heterocycles. The minimum Gasteiger partial charge on any atom is -0.399 e. The molecule has 23 heavy (non-hydrogen) atoms. The molecule has 2 unspecified atom stereocenters. The minimum absolute atomic E-state index is 0.185. The van der Waals surface area contributed by atoms with Crippen LogP contribution in [0.2, 0.25) is 0 Å². The van der Waals surface area contributed by atoms with Crippen LogP contribution in [0.4, 0.5) is 5.69 Å². The zero-order valence-corrected chi connectivity index (χ0v) is 12.5. The van der Waals surface area contributed by atoms with Gasteiger partial charge in [-0.25, -0.2) is 0 Å². The summed E-state index contributed by atoms with van der Waals surface area (Å²) in [5.74, 6) is -1.65. The first-order chi connectivity index (χ1) is 11.0. The highest BCUT2D eigenvalue weighted by Crippen LogP contribution is 2.37. The second kappa shape index (κ2) is 5.66. The molecule has 2 aliphatic rings.